The standard InChI is InChI=1S/C15H11FN2O2/c16-10-5-6-13(18)12(9-10)15(19)11-3-1-2-4-14(11)20-8-7-17/h1-6,9H,8,18H2. The molecular formula is C15H11FN2O2. The number of carbonyl (C=O) groups excluding carboxylic acids is 1. The third-order valence-corrected chi connectivity index (χ3v) is 2.68. The number of nitrogens with zero attached hydrogens (tertiary/aromatic N) is 1. The Morgan fingerprint density at radius 3 is 2.75 bits per heavy atom. The lowest BCUT2D eigenvalue weighted by molar-refractivity contribution is 0.103. The predicted molar refractivity (Wildman–Crippen MR) is 71.8 cm³/mol. The molecule has 0 amide bonds. The molecule has 2 aromatic carbocycles. The Hall–Kier alpha value is -2.87. The van der Waals surface area contributed by atoms with E-state index in [9.17, 15) is 9.18 Å². The summed E-state index contributed by atoms with van der Waals surface area (Å²) in [6.45, 7) is -0.178. The van der Waals surface area contributed by atoms with Crippen molar-refractivity contribution < 1.29 is 13.9 Å². The molecule has 0 aliphatic heterocycles. The van der Waals surface area contributed by atoms with Gasteiger partial charge in [0.1, 0.15) is 17.6 Å². The second-order valence-electron chi connectivity index (χ2n) is 4.00. The summed E-state index contributed by atoms with van der Waals surface area (Å²) in [6, 6.07) is 11.9. The van der Waals surface area contributed by atoms with Crippen molar-refractivity contribution in [3.05, 3.63) is 59.4 Å². The molecule has 0 aliphatic rings. The van der Waals surface area contributed by atoms with Crippen molar-refractivity contribution in [2.24, 2.45) is 0 Å². The van der Waals surface area contributed by atoms with E-state index in [2.05, 4.69) is 0 Å². The van der Waals surface area contributed by atoms with E-state index in [1.54, 1.807) is 24.3 Å². The third kappa shape index (κ3) is 2.75. The van der Waals surface area contributed by atoms with E-state index in [0.717, 1.165) is 6.07 Å². The molecule has 2 aromatic rings. The second-order valence-corrected chi connectivity index (χ2v) is 4.00. The fourth-order valence-corrected chi connectivity index (χ4v) is 1.76. The van der Waals surface area contributed by atoms with Gasteiger partial charge in [-0.25, -0.2) is 4.39 Å². The lowest BCUT2D eigenvalue weighted by Gasteiger charge is -2.09. The molecule has 0 saturated carbocycles. The number of rotatable bonds is 4. The maximum Gasteiger partial charge on any atom is 0.198 e. The smallest absolute Gasteiger partial charge is 0.198 e. The molecule has 0 radical (unpaired) electrons. The molecule has 0 saturated heterocycles. The van der Waals surface area contributed by atoms with Crippen LogP contribution < -0.4 is 10.5 Å². The van der Waals surface area contributed by atoms with Crippen LogP contribution in [-0.4, -0.2) is 12.4 Å². The number of nitrogen functional groups attached to an aromatic ring is 1. The molecule has 0 bridgehead atoms. The van der Waals surface area contributed by atoms with Crippen LogP contribution in [0.15, 0.2) is 42.5 Å². The van der Waals surface area contributed by atoms with Crippen LogP contribution in [-0.2, 0) is 0 Å². The number of ketones is 1. The van der Waals surface area contributed by atoms with Crippen molar-refractivity contribution in [3.63, 3.8) is 0 Å². The average Bonchev–Trinajstić information content (AvgIpc) is 2.47. The number of para-hydroxylation sites is 1. The molecule has 2 rings (SSSR count). The highest BCUT2D eigenvalue weighted by molar-refractivity contribution is 6.13. The van der Waals surface area contributed by atoms with Crippen molar-refractivity contribution in [2.75, 3.05) is 12.3 Å². The Morgan fingerprint density at radius 2 is 2.00 bits per heavy atom. The highest BCUT2D eigenvalue weighted by atomic mass is 19.1. The minimum atomic E-state index is -0.544. The quantitative estimate of drug-likeness (QED) is 0.684. The Balaban J connectivity index is 2.43. The van der Waals surface area contributed by atoms with Gasteiger partial charge in [-0.05, 0) is 30.3 Å². The van der Waals surface area contributed by atoms with Crippen molar-refractivity contribution in [1.29, 1.82) is 5.26 Å². The first kappa shape index (κ1) is 13.6. The summed E-state index contributed by atoms with van der Waals surface area (Å²) in [5, 5.41) is 8.53. The van der Waals surface area contributed by atoms with Gasteiger partial charge in [0.15, 0.2) is 12.4 Å². The number of nitriles is 1. The first-order chi connectivity index (χ1) is 9.63. The fourth-order valence-electron chi connectivity index (χ4n) is 1.76. The molecule has 0 fully saturated rings. The van der Waals surface area contributed by atoms with Crippen LogP contribution in [0.2, 0.25) is 0 Å². The molecule has 5 heteroatoms. The average molecular weight is 270 g/mol. The molecule has 2 N–H and O–H groups in total. The zero-order valence-corrected chi connectivity index (χ0v) is 10.5. The predicted octanol–water partition coefficient (Wildman–Crippen LogP) is 2.54. The molecule has 20 heavy (non-hydrogen) atoms. The lowest BCUT2D eigenvalue weighted by atomic mass is 10.0. The van der Waals surface area contributed by atoms with Crippen molar-refractivity contribution in [2.45, 2.75) is 0 Å². The van der Waals surface area contributed by atoms with Crippen molar-refractivity contribution in [3.8, 4) is 11.8 Å². The zero-order chi connectivity index (χ0) is 14.5. The highest BCUT2D eigenvalue weighted by Crippen LogP contribution is 2.24. The van der Waals surface area contributed by atoms with Crippen LogP contribution in [0.3, 0.4) is 0 Å². The molecule has 0 atom stereocenters. The van der Waals surface area contributed by atoms with Crippen LogP contribution in [0, 0.1) is 17.1 Å². The van der Waals surface area contributed by atoms with Crippen molar-refractivity contribution in [1.82, 2.24) is 0 Å². The van der Waals surface area contributed by atoms with Gasteiger partial charge in [-0.2, -0.15) is 5.26 Å². The van der Waals surface area contributed by atoms with Crippen molar-refractivity contribution >= 4 is 11.5 Å². The number of ether oxygens (including phenoxy) is 1. The summed E-state index contributed by atoms with van der Waals surface area (Å²) in [4.78, 5) is 12.4. The molecule has 0 heterocycles. The summed E-state index contributed by atoms with van der Waals surface area (Å²) < 4.78 is 18.4. The van der Waals surface area contributed by atoms with E-state index < -0.39 is 11.6 Å². The van der Waals surface area contributed by atoms with Gasteiger partial charge in [0.2, 0.25) is 0 Å². The zero-order valence-electron chi connectivity index (χ0n) is 10.5. The minimum Gasteiger partial charge on any atom is -0.478 e. The summed E-state index contributed by atoms with van der Waals surface area (Å²) >= 11 is 0. The summed E-state index contributed by atoms with van der Waals surface area (Å²) in [7, 11) is 0. The number of carbonyl (C=O) groups is 1. The van der Waals surface area contributed by atoms with E-state index >= 15 is 0 Å². The monoisotopic (exact) mass is 270 g/mol. The van der Waals surface area contributed by atoms with Gasteiger partial charge in [0.25, 0.3) is 0 Å². The summed E-state index contributed by atoms with van der Waals surface area (Å²) in [5.74, 6) is -0.726. The topological polar surface area (TPSA) is 76.1 Å². The van der Waals surface area contributed by atoms with Gasteiger partial charge >= 0.3 is 0 Å². The Bertz CT molecular complexity index is 693. The van der Waals surface area contributed by atoms with Gasteiger partial charge < -0.3 is 10.5 Å². The van der Waals surface area contributed by atoms with E-state index in [1.807, 2.05) is 6.07 Å². The van der Waals surface area contributed by atoms with E-state index in [-0.39, 0.29) is 29.2 Å². The van der Waals surface area contributed by atoms with Crippen LogP contribution in [0.4, 0.5) is 10.1 Å². The molecule has 100 valence electrons. The molecule has 4 nitrogen and oxygen atoms in total. The van der Waals surface area contributed by atoms with Gasteiger partial charge in [0.05, 0.1) is 5.56 Å². The van der Waals surface area contributed by atoms with Crippen LogP contribution >= 0.6 is 0 Å². The Morgan fingerprint density at radius 1 is 1.25 bits per heavy atom. The first-order valence-electron chi connectivity index (χ1n) is 5.82. The van der Waals surface area contributed by atoms with Gasteiger partial charge in [-0.1, -0.05) is 12.1 Å². The van der Waals surface area contributed by atoms with Crippen LogP contribution in [0.25, 0.3) is 0 Å². The molecule has 0 spiro atoms. The number of nitrogens with two attached hydrogens (primary N) is 1. The maximum atomic E-state index is 13.2. The highest BCUT2D eigenvalue weighted by Gasteiger charge is 2.17. The van der Waals surface area contributed by atoms with E-state index in [4.69, 9.17) is 15.7 Å². The van der Waals surface area contributed by atoms with Gasteiger partial charge in [-0.3, -0.25) is 4.79 Å². The van der Waals surface area contributed by atoms with E-state index in [1.165, 1.54) is 12.1 Å². The first-order valence-corrected chi connectivity index (χ1v) is 5.82. The Labute approximate surface area is 115 Å². The van der Waals surface area contributed by atoms with Gasteiger partial charge in [0, 0.05) is 11.3 Å². The number of hydrogen-bond acceptors (Lipinski definition) is 4. The molecular weight excluding hydrogens is 259 g/mol. The van der Waals surface area contributed by atoms with E-state index in [0.29, 0.717) is 0 Å². The largest absolute Gasteiger partial charge is 0.478 e. The minimum absolute atomic E-state index is 0.0676. The lowest BCUT2D eigenvalue weighted by Crippen LogP contribution is -2.08. The number of halogens is 1. The Kier molecular flexibility index (Phi) is 3.96. The maximum absolute atomic E-state index is 13.2. The number of benzene rings is 2. The van der Waals surface area contributed by atoms with Gasteiger partial charge in [-0.15, -0.1) is 0 Å². The summed E-state index contributed by atoms with van der Waals surface area (Å²) in [5.41, 5.74) is 6.19. The second kappa shape index (κ2) is 5.85. The molecule has 0 unspecified atom stereocenters. The van der Waals surface area contributed by atoms with Crippen LogP contribution in [0.5, 0.6) is 5.75 Å². The SMILES string of the molecule is N#CCOc1ccccc1C(=O)c1cc(F)ccc1N. The van der Waals surface area contributed by atoms with Crippen LogP contribution in [0.1, 0.15) is 15.9 Å². The number of anilines is 1. The normalized spacial score (nSPS) is 9.80. The number of hydrogen-bond donors (Lipinski definition) is 1. The molecule has 0 aliphatic carbocycles. The molecule has 0 aromatic heterocycles. The summed E-state index contributed by atoms with van der Waals surface area (Å²) in [6.07, 6.45) is 0. The fraction of sp³-hybridized carbons (Fsp3) is 0.0667. The third-order valence-electron chi connectivity index (χ3n) is 2.68.